The zero-order valence-electron chi connectivity index (χ0n) is 8.48. The van der Waals surface area contributed by atoms with Crippen molar-refractivity contribution in [2.75, 3.05) is 0 Å². The number of aromatic nitrogens is 2. The SMILES string of the molecule is N#Cc1ccccc1Oc1cc(Cl)n[nH]c1=O. The number of nitrogens with zero attached hydrogens (tertiary/aromatic N) is 2. The number of H-pyrrole nitrogens is 1. The average molecular weight is 248 g/mol. The first kappa shape index (κ1) is 11.2. The number of halogens is 1. The Morgan fingerprint density at radius 3 is 2.88 bits per heavy atom. The lowest BCUT2D eigenvalue weighted by molar-refractivity contribution is 0.471. The highest BCUT2D eigenvalue weighted by atomic mass is 35.5. The van der Waals surface area contributed by atoms with E-state index in [2.05, 4.69) is 10.2 Å². The number of ether oxygens (including phenoxy) is 1. The molecule has 0 bridgehead atoms. The third-order valence-corrected chi connectivity index (χ3v) is 2.16. The van der Waals surface area contributed by atoms with Crippen LogP contribution in [0.1, 0.15) is 5.56 Å². The van der Waals surface area contributed by atoms with Gasteiger partial charge in [-0.3, -0.25) is 4.79 Å². The van der Waals surface area contributed by atoms with Gasteiger partial charge in [0, 0.05) is 6.07 Å². The summed E-state index contributed by atoms with van der Waals surface area (Å²) in [5.74, 6) is 0.287. The van der Waals surface area contributed by atoms with Gasteiger partial charge in [0.1, 0.15) is 11.8 Å². The number of benzene rings is 1. The highest BCUT2D eigenvalue weighted by Crippen LogP contribution is 2.22. The third-order valence-electron chi connectivity index (χ3n) is 1.97. The Balaban J connectivity index is 2.42. The fourth-order valence-corrected chi connectivity index (χ4v) is 1.35. The van der Waals surface area contributed by atoms with Crippen molar-refractivity contribution < 1.29 is 4.74 Å². The van der Waals surface area contributed by atoms with Gasteiger partial charge in [-0.05, 0) is 12.1 Å². The van der Waals surface area contributed by atoms with Crippen LogP contribution in [0.15, 0.2) is 35.1 Å². The standard InChI is InChI=1S/C11H6ClN3O2/c12-10-5-9(11(16)15-14-10)17-8-4-2-1-3-7(8)6-13/h1-5H,(H,15,16). The molecule has 0 spiro atoms. The summed E-state index contributed by atoms with van der Waals surface area (Å²) in [4.78, 5) is 11.4. The molecule has 0 aliphatic heterocycles. The molecule has 0 saturated heterocycles. The van der Waals surface area contributed by atoms with E-state index in [1.807, 2.05) is 6.07 Å². The molecule has 0 unspecified atom stereocenters. The molecule has 0 atom stereocenters. The van der Waals surface area contributed by atoms with Crippen LogP contribution in [0.4, 0.5) is 0 Å². The molecule has 0 fully saturated rings. The second-order valence-electron chi connectivity index (χ2n) is 3.09. The molecule has 84 valence electrons. The fourth-order valence-electron chi connectivity index (χ4n) is 1.21. The van der Waals surface area contributed by atoms with Gasteiger partial charge in [0.15, 0.2) is 10.9 Å². The van der Waals surface area contributed by atoms with Gasteiger partial charge in [0.05, 0.1) is 5.56 Å². The monoisotopic (exact) mass is 247 g/mol. The van der Waals surface area contributed by atoms with Crippen molar-refractivity contribution in [1.82, 2.24) is 10.2 Å². The Bertz CT molecular complexity index is 646. The number of hydrogen-bond donors (Lipinski definition) is 1. The highest BCUT2D eigenvalue weighted by molar-refractivity contribution is 6.29. The molecule has 1 aromatic carbocycles. The summed E-state index contributed by atoms with van der Waals surface area (Å²) < 4.78 is 5.32. The van der Waals surface area contributed by atoms with E-state index in [1.54, 1.807) is 24.3 Å². The Morgan fingerprint density at radius 1 is 1.35 bits per heavy atom. The molecular formula is C11H6ClN3O2. The minimum Gasteiger partial charge on any atom is -0.450 e. The minimum atomic E-state index is -0.512. The predicted octanol–water partition coefficient (Wildman–Crippen LogP) is 2.09. The molecule has 5 nitrogen and oxygen atoms in total. The summed E-state index contributed by atoms with van der Waals surface area (Å²) in [6.07, 6.45) is 0. The summed E-state index contributed by atoms with van der Waals surface area (Å²) >= 11 is 5.63. The third kappa shape index (κ3) is 2.44. The maximum absolute atomic E-state index is 11.4. The molecule has 0 amide bonds. The van der Waals surface area contributed by atoms with Crippen molar-refractivity contribution >= 4 is 11.6 Å². The second-order valence-corrected chi connectivity index (χ2v) is 3.48. The van der Waals surface area contributed by atoms with Crippen molar-refractivity contribution in [3.05, 3.63) is 51.4 Å². The van der Waals surface area contributed by atoms with Crippen LogP contribution in [-0.4, -0.2) is 10.2 Å². The quantitative estimate of drug-likeness (QED) is 0.881. The number of nitrogens with one attached hydrogen (secondary N) is 1. The highest BCUT2D eigenvalue weighted by Gasteiger charge is 2.07. The molecule has 0 radical (unpaired) electrons. The largest absolute Gasteiger partial charge is 0.450 e. The number of rotatable bonds is 2. The van der Waals surface area contributed by atoms with E-state index >= 15 is 0 Å². The van der Waals surface area contributed by atoms with Gasteiger partial charge in [-0.25, -0.2) is 5.10 Å². The Kier molecular flexibility index (Phi) is 3.08. The molecular weight excluding hydrogens is 242 g/mol. The molecule has 2 rings (SSSR count). The number of aromatic amines is 1. The first-order valence-corrected chi connectivity index (χ1v) is 5.00. The Hall–Kier alpha value is -2.32. The van der Waals surface area contributed by atoms with Crippen molar-refractivity contribution in [3.8, 4) is 17.6 Å². The van der Waals surface area contributed by atoms with Gasteiger partial charge < -0.3 is 4.74 Å². The smallest absolute Gasteiger partial charge is 0.307 e. The second kappa shape index (κ2) is 4.68. The first-order chi connectivity index (χ1) is 8.20. The van der Waals surface area contributed by atoms with E-state index in [4.69, 9.17) is 21.6 Å². The molecule has 17 heavy (non-hydrogen) atoms. The van der Waals surface area contributed by atoms with E-state index in [9.17, 15) is 4.79 Å². The molecule has 2 aromatic rings. The van der Waals surface area contributed by atoms with Crippen LogP contribution in [0.5, 0.6) is 11.5 Å². The van der Waals surface area contributed by atoms with Gasteiger partial charge in [-0.1, -0.05) is 23.7 Å². The maximum atomic E-state index is 11.4. The van der Waals surface area contributed by atoms with Crippen LogP contribution < -0.4 is 10.3 Å². The Morgan fingerprint density at radius 2 is 2.12 bits per heavy atom. The van der Waals surface area contributed by atoms with Crippen LogP contribution in [0, 0.1) is 11.3 Å². The molecule has 6 heteroatoms. The summed E-state index contributed by atoms with van der Waals surface area (Å²) in [6.45, 7) is 0. The number of para-hydroxylation sites is 1. The van der Waals surface area contributed by atoms with Crippen LogP contribution in [-0.2, 0) is 0 Å². The average Bonchev–Trinajstić information content (AvgIpc) is 2.34. The van der Waals surface area contributed by atoms with Gasteiger partial charge >= 0.3 is 5.56 Å². The molecule has 0 saturated carbocycles. The van der Waals surface area contributed by atoms with Gasteiger partial charge in [-0.15, -0.1) is 0 Å². The summed E-state index contributed by atoms with van der Waals surface area (Å²) in [5.41, 5.74) is -0.179. The van der Waals surface area contributed by atoms with Crippen molar-refractivity contribution in [2.24, 2.45) is 0 Å². The predicted molar refractivity (Wildman–Crippen MR) is 61.1 cm³/mol. The van der Waals surface area contributed by atoms with E-state index in [0.29, 0.717) is 11.3 Å². The summed E-state index contributed by atoms with van der Waals surface area (Å²) in [6, 6.07) is 9.83. The Labute approximate surface area is 101 Å². The van der Waals surface area contributed by atoms with E-state index < -0.39 is 5.56 Å². The van der Waals surface area contributed by atoms with Crippen molar-refractivity contribution in [1.29, 1.82) is 5.26 Å². The fraction of sp³-hybridized carbons (Fsp3) is 0. The summed E-state index contributed by atoms with van der Waals surface area (Å²) in [7, 11) is 0. The lowest BCUT2D eigenvalue weighted by Gasteiger charge is -2.05. The first-order valence-electron chi connectivity index (χ1n) is 4.63. The minimum absolute atomic E-state index is 0.00676. The maximum Gasteiger partial charge on any atom is 0.307 e. The zero-order valence-corrected chi connectivity index (χ0v) is 9.23. The van der Waals surface area contributed by atoms with Crippen LogP contribution in [0.25, 0.3) is 0 Å². The molecule has 1 heterocycles. The van der Waals surface area contributed by atoms with Crippen molar-refractivity contribution in [2.45, 2.75) is 0 Å². The van der Waals surface area contributed by atoms with E-state index in [-0.39, 0.29) is 10.9 Å². The summed E-state index contributed by atoms with van der Waals surface area (Å²) in [5, 5.41) is 14.7. The molecule has 0 aliphatic rings. The topological polar surface area (TPSA) is 78.8 Å². The zero-order chi connectivity index (χ0) is 12.3. The normalized spacial score (nSPS) is 9.65. The van der Waals surface area contributed by atoms with Crippen LogP contribution in [0.3, 0.4) is 0 Å². The van der Waals surface area contributed by atoms with Crippen LogP contribution in [0.2, 0.25) is 5.15 Å². The van der Waals surface area contributed by atoms with Crippen LogP contribution >= 0.6 is 11.6 Å². The van der Waals surface area contributed by atoms with Gasteiger partial charge in [0.2, 0.25) is 0 Å². The lowest BCUT2D eigenvalue weighted by Crippen LogP contribution is -2.10. The molecule has 0 aliphatic carbocycles. The number of hydrogen-bond acceptors (Lipinski definition) is 4. The lowest BCUT2D eigenvalue weighted by atomic mass is 10.2. The van der Waals surface area contributed by atoms with E-state index in [0.717, 1.165) is 0 Å². The van der Waals surface area contributed by atoms with Gasteiger partial charge in [-0.2, -0.15) is 10.4 Å². The van der Waals surface area contributed by atoms with Crippen molar-refractivity contribution in [3.63, 3.8) is 0 Å². The van der Waals surface area contributed by atoms with Gasteiger partial charge in [0.25, 0.3) is 0 Å². The molecule has 1 N–H and O–H groups in total. The van der Waals surface area contributed by atoms with E-state index in [1.165, 1.54) is 6.07 Å². The number of nitriles is 1. The molecule has 1 aromatic heterocycles.